The summed E-state index contributed by atoms with van der Waals surface area (Å²) in [6.45, 7) is 2.71. The molecule has 1 heterocycles. The van der Waals surface area contributed by atoms with Crippen molar-refractivity contribution in [3.8, 4) is 0 Å². The average Bonchev–Trinajstić information content (AvgIpc) is 2.26. The Morgan fingerprint density at radius 1 is 1.56 bits per heavy atom. The minimum atomic E-state index is -0.216. The highest BCUT2D eigenvalue weighted by atomic mass is 16.5. The third-order valence-electron chi connectivity index (χ3n) is 1.99. The molecule has 0 aromatic carbocycles. The third-order valence-corrected chi connectivity index (χ3v) is 1.99. The molecule has 0 unspecified atom stereocenters. The van der Waals surface area contributed by atoms with Gasteiger partial charge in [0.1, 0.15) is 11.6 Å². The molecule has 0 saturated carbocycles. The molecule has 0 amide bonds. The molecule has 0 bridgehead atoms. The van der Waals surface area contributed by atoms with Gasteiger partial charge in [0.05, 0.1) is 25.4 Å². The molecule has 16 heavy (non-hydrogen) atoms. The third kappa shape index (κ3) is 3.72. The molecule has 0 saturated heterocycles. The highest BCUT2D eigenvalue weighted by molar-refractivity contribution is 5.70. The van der Waals surface area contributed by atoms with E-state index >= 15 is 0 Å². The minimum absolute atomic E-state index is 0.216. The van der Waals surface area contributed by atoms with Gasteiger partial charge in [0, 0.05) is 13.6 Å². The molecule has 6 heteroatoms. The molecule has 1 aromatic rings. The standard InChI is InChI=1S/C10H16N4O2/c1-3-16-10(15)4-5-14(2)9-7-12-6-8(11)13-9/h6-7H,3-5H2,1-2H3,(H2,11,13). The fourth-order valence-corrected chi connectivity index (χ4v) is 1.16. The Bertz CT molecular complexity index is 356. The smallest absolute Gasteiger partial charge is 0.307 e. The van der Waals surface area contributed by atoms with Gasteiger partial charge >= 0.3 is 5.97 Å². The summed E-state index contributed by atoms with van der Waals surface area (Å²) in [7, 11) is 1.82. The number of rotatable bonds is 5. The largest absolute Gasteiger partial charge is 0.466 e. The molecule has 1 rings (SSSR count). The van der Waals surface area contributed by atoms with E-state index in [0.29, 0.717) is 31.2 Å². The summed E-state index contributed by atoms with van der Waals surface area (Å²) in [5.74, 6) is 0.788. The van der Waals surface area contributed by atoms with Crippen LogP contribution in [0.4, 0.5) is 11.6 Å². The van der Waals surface area contributed by atoms with Crippen LogP contribution in [0.1, 0.15) is 13.3 Å². The van der Waals surface area contributed by atoms with Gasteiger partial charge in [-0.3, -0.25) is 9.78 Å². The lowest BCUT2D eigenvalue weighted by atomic mass is 10.4. The molecule has 0 fully saturated rings. The topological polar surface area (TPSA) is 81.3 Å². The first kappa shape index (κ1) is 12.2. The van der Waals surface area contributed by atoms with Crippen LogP contribution in [-0.4, -0.2) is 36.1 Å². The summed E-state index contributed by atoms with van der Waals surface area (Å²) < 4.78 is 4.83. The van der Waals surface area contributed by atoms with Crippen molar-refractivity contribution in [1.82, 2.24) is 9.97 Å². The molecule has 0 aliphatic carbocycles. The van der Waals surface area contributed by atoms with Crippen LogP contribution in [0.2, 0.25) is 0 Å². The number of anilines is 2. The fraction of sp³-hybridized carbons (Fsp3) is 0.500. The summed E-state index contributed by atoms with van der Waals surface area (Å²) >= 11 is 0. The first-order chi connectivity index (χ1) is 7.63. The van der Waals surface area contributed by atoms with Crippen molar-refractivity contribution < 1.29 is 9.53 Å². The van der Waals surface area contributed by atoms with Crippen LogP contribution in [0.3, 0.4) is 0 Å². The molecule has 0 aliphatic rings. The van der Waals surface area contributed by atoms with Crippen molar-refractivity contribution in [3.05, 3.63) is 12.4 Å². The quantitative estimate of drug-likeness (QED) is 0.731. The van der Waals surface area contributed by atoms with E-state index in [4.69, 9.17) is 10.5 Å². The number of hydrogen-bond donors (Lipinski definition) is 1. The Labute approximate surface area is 94.4 Å². The van der Waals surface area contributed by atoms with Crippen LogP contribution in [0.5, 0.6) is 0 Å². The van der Waals surface area contributed by atoms with Crippen LogP contribution >= 0.6 is 0 Å². The number of esters is 1. The summed E-state index contributed by atoms with van der Waals surface area (Å²) in [5, 5.41) is 0. The zero-order valence-electron chi connectivity index (χ0n) is 9.51. The summed E-state index contributed by atoms with van der Waals surface area (Å²) in [6.07, 6.45) is 3.39. The highest BCUT2D eigenvalue weighted by Crippen LogP contribution is 2.08. The lowest BCUT2D eigenvalue weighted by molar-refractivity contribution is -0.142. The second-order valence-electron chi connectivity index (χ2n) is 3.28. The zero-order valence-corrected chi connectivity index (χ0v) is 9.51. The van der Waals surface area contributed by atoms with Crippen LogP contribution < -0.4 is 10.6 Å². The molecule has 2 N–H and O–H groups in total. The van der Waals surface area contributed by atoms with E-state index in [2.05, 4.69) is 9.97 Å². The lowest BCUT2D eigenvalue weighted by Gasteiger charge is -2.17. The molecule has 6 nitrogen and oxygen atoms in total. The average molecular weight is 224 g/mol. The van der Waals surface area contributed by atoms with Crippen molar-refractivity contribution in [2.24, 2.45) is 0 Å². The van der Waals surface area contributed by atoms with Crippen molar-refractivity contribution >= 4 is 17.6 Å². The normalized spacial score (nSPS) is 9.88. The molecule has 0 aliphatic heterocycles. The van der Waals surface area contributed by atoms with Crippen LogP contribution in [-0.2, 0) is 9.53 Å². The minimum Gasteiger partial charge on any atom is -0.466 e. The second kappa shape index (κ2) is 5.89. The molecular formula is C10H16N4O2. The van der Waals surface area contributed by atoms with Crippen LogP contribution in [0.15, 0.2) is 12.4 Å². The van der Waals surface area contributed by atoms with Gasteiger partial charge < -0.3 is 15.4 Å². The zero-order chi connectivity index (χ0) is 12.0. The van der Waals surface area contributed by atoms with Crippen molar-refractivity contribution in [1.29, 1.82) is 0 Å². The van der Waals surface area contributed by atoms with Gasteiger partial charge in [-0.1, -0.05) is 0 Å². The molecule has 1 aromatic heterocycles. The monoisotopic (exact) mass is 224 g/mol. The van der Waals surface area contributed by atoms with Crippen LogP contribution in [0, 0.1) is 0 Å². The summed E-state index contributed by atoms with van der Waals surface area (Å²) in [4.78, 5) is 21.0. The SMILES string of the molecule is CCOC(=O)CCN(C)c1cncc(N)n1. The number of ether oxygens (including phenoxy) is 1. The number of nitrogens with two attached hydrogens (primary N) is 1. The van der Waals surface area contributed by atoms with Crippen molar-refractivity contribution in [3.63, 3.8) is 0 Å². The predicted molar refractivity (Wildman–Crippen MR) is 61.0 cm³/mol. The maximum atomic E-state index is 11.1. The van der Waals surface area contributed by atoms with Gasteiger partial charge in [0.25, 0.3) is 0 Å². The number of carbonyl (C=O) groups is 1. The van der Waals surface area contributed by atoms with Crippen molar-refractivity contribution in [2.75, 3.05) is 30.8 Å². The van der Waals surface area contributed by atoms with Gasteiger partial charge in [-0.2, -0.15) is 0 Å². The van der Waals surface area contributed by atoms with Crippen molar-refractivity contribution in [2.45, 2.75) is 13.3 Å². The number of carbonyl (C=O) groups excluding carboxylic acids is 1. The van der Waals surface area contributed by atoms with E-state index in [1.807, 2.05) is 7.05 Å². The number of nitrogens with zero attached hydrogens (tertiary/aromatic N) is 3. The molecule has 0 atom stereocenters. The maximum absolute atomic E-state index is 11.1. The van der Waals surface area contributed by atoms with Gasteiger partial charge in [-0.25, -0.2) is 4.98 Å². The molecule has 0 radical (unpaired) electrons. The van der Waals surface area contributed by atoms with Gasteiger partial charge in [-0.15, -0.1) is 0 Å². The fourth-order valence-electron chi connectivity index (χ4n) is 1.16. The summed E-state index contributed by atoms with van der Waals surface area (Å²) in [5.41, 5.74) is 5.51. The molecule has 0 spiro atoms. The first-order valence-corrected chi connectivity index (χ1v) is 5.07. The Morgan fingerprint density at radius 3 is 2.94 bits per heavy atom. The lowest BCUT2D eigenvalue weighted by Crippen LogP contribution is -2.23. The Balaban J connectivity index is 2.46. The van der Waals surface area contributed by atoms with Gasteiger partial charge in [-0.05, 0) is 6.92 Å². The Morgan fingerprint density at radius 2 is 2.31 bits per heavy atom. The molecule has 88 valence electrons. The number of hydrogen-bond acceptors (Lipinski definition) is 6. The molecular weight excluding hydrogens is 208 g/mol. The van der Waals surface area contributed by atoms with E-state index < -0.39 is 0 Å². The Hall–Kier alpha value is -1.85. The highest BCUT2D eigenvalue weighted by Gasteiger charge is 2.07. The van der Waals surface area contributed by atoms with E-state index in [0.717, 1.165) is 0 Å². The maximum Gasteiger partial charge on any atom is 0.307 e. The van der Waals surface area contributed by atoms with E-state index in [9.17, 15) is 4.79 Å². The van der Waals surface area contributed by atoms with Gasteiger partial charge in [0.15, 0.2) is 0 Å². The number of aromatic nitrogens is 2. The Kier molecular flexibility index (Phi) is 4.50. The first-order valence-electron chi connectivity index (χ1n) is 5.07. The second-order valence-corrected chi connectivity index (χ2v) is 3.28. The summed E-state index contributed by atoms with van der Waals surface area (Å²) in [6, 6.07) is 0. The van der Waals surface area contributed by atoms with Gasteiger partial charge in [0.2, 0.25) is 0 Å². The van der Waals surface area contributed by atoms with E-state index in [1.54, 1.807) is 18.0 Å². The van der Waals surface area contributed by atoms with Crippen LogP contribution in [0.25, 0.3) is 0 Å². The number of nitrogen functional groups attached to an aromatic ring is 1. The van der Waals surface area contributed by atoms with E-state index in [-0.39, 0.29) is 5.97 Å². The van der Waals surface area contributed by atoms with E-state index in [1.165, 1.54) is 6.20 Å². The predicted octanol–water partition coefficient (Wildman–Crippen LogP) is 0.448.